The Morgan fingerprint density at radius 1 is 1.20 bits per heavy atom. The van der Waals surface area contributed by atoms with Crippen LogP contribution in [0.3, 0.4) is 0 Å². The van der Waals surface area contributed by atoms with Crippen LogP contribution in [-0.2, 0) is 24.6 Å². The van der Waals surface area contributed by atoms with Crippen LogP contribution in [-0.4, -0.2) is 6.29 Å². The van der Waals surface area contributed by atoms with E-state index in [1.807, 2.05) is 19.1 Å². The van der Waals surface area contributed by atoms with E-state index in [2.05, 4.69) is 0 Å². The average molecular weight is 309 g/mol. The first-order valence-electron chi connectivity index (χ1n) is 2.78. The predicted molar refractivity (Wildman–Crippen MR) is 36.0 cm³/mol. The Kier molecular flexibility index (Phi) is 4.15. The standard InChI is InChI=1S/C8H7O.Os/c1-7-2-4-8(6-9)5-3-7;/h2-5H,1H3;/q-1;+1. The number of carbonyl (C=O) groups excluding carboxylic acids is 1. The number of rotatable bonds is 1. The molecule has 0 heterocycles. The van der Waals surface area contributed by atoms with Gasteiger partial charge in [-0.3, -0.25) is 0 Å². The smallest absolute Gasteiger partial charge is 0.376 e. The summed E-state index contributed by atoms with van der Waals surface area (Å²) in [6.07, 6.45) is 1.80. The van der Waals surface area contributed by atoms with E-state index in [4.69, 9.17) is 0 Å². The van der Waals surface area contributed by atoms with Crippen LogP contribution in [0.25, 0.3) is 0 Å². The van der Waals surface area contributed by atoms with Crippen molar-refractivity contribution in [2.24, 2.45) is 0 Å². The zero-order valence-electron chi connectivity index (χ0n) is 5.57. The van der Waals surface area contributed by atoms with Gasteiger partial charge in [-0.25, -0.2) is 0 Å². The van der Waals surface area contributed by atoms with E-state index in [1.54, 1.807) is 18.4 Å². The fraction of sp³-hybridized carbons (Fsp3) is 0.125. The monoisotopic (exact) mass is 311 g/mol. The molecule has 53 valence electrons. The SMILES string of the molecule is Cc1ccc([C-]=O)cc1.[Os+]. The Morgan fingerprint density at radius 3 is 2.10 bits per heavy atom. The van der Waals surface area contributed by atoms with E-state index in [-0.39, 0.29) is 19.8 Å². The minimum atomic E-state index is 0. The van der Waals surface area contributed by atoms with Crippen LogP contribution in [0, 0.1) is 6.92 Å². The summed E-state index contributed by atoms with van der Waals surface area (Å²) >= 11 is 0. The number of hydrogen-bond acceptors (Lipinski definition) is 1. The molecule has 0 fully saturated rings. The van der Waals surface area contributed by atoms with E-state index >= 15 is 0 Å². The Balaban J connectivity index is 0.000000810. The third kappa shape index (κ3) is 2.41. The minimum absolute atomic E-state index is 0. The number of benzene rings is 1. The summed E-state index contributed by atoms with van der Waals surface area (Å²) in [4.78, 5) is 9.99. The van der Waals surface area contributed by atoms with E-state index in [1.165, 1.54) is 0 Å². The van der Waals surface area contributed by atoms with Crippen LogP contribution < -0.4 is 0 Å². The summed E-state index contributed by atoms with van der Waals surface area (Å²) in [6.45, 7) is 1.98. The van der Waals surface area contributed by atoms with Crippen molar-refractivity contribution in [2.75, 3.05) is 0 Å². The summed E-state index contributed by atoms with van der Waals surface area (Å²) in [5.74, 6) is 0. The van der Waals surface area contributed by atoms with Crippen LogP contribution in [0.1, 0.15) is 11.1 Å². The van der Waals surface area contributed by atoms with Crippen molar-refractivity contribution in [3.05, 3.63) is 35.4 Å². The largest absolute Gasteiger partial charge is 1.00 e. The molecule has 2 heteroatoms. The van der Waals surface area contributed by atoms with Gasteiger partial charge in [0, 0.05) is 0 Å². The first-order chi connectivity index (χ1) is 4.33. The Hall–Kier alpha value is -0.474. The number of hydrogen-bond donors (Lipinski definition) is 0. The molecular formula is C8H7OOs. The van der Waals surface area contributed by atoms with Gasteiger partial charge in [-0.2, -0.15) is 17.7 Å². The molecule has 0 atom stereocenters. The van der Waals surface area contributed by atoms with Crippen molar-refractivity contribution in [1.82, 2.24) is 0 Å². The molecule has 1 aromatic carbocycles. The maximum atomic E-state index is 9.99. The normalized spacial score (nSPS) is 8.10. The van der Waals surface area contributed by atoms with Crippen molar-refractivity contribution in [2.45, 2.75) is 6.92 Å². The van der Waals surface area contributed by atoms with Crippen molar-refractivity contribution in [1.29, 1.82) is 0 Å². The molecule has 0 aromatic heterocycles. The molecule has 1 nitrogen and oxygen atoms in total. The van der Waals surface area contributed by atoms with Gasteiger partial charge in [-0.15, -0.1) is 12.1 Å². The van der Waals surface area contributed by atoms with Gasteiger partial charge in [0.1, 0.15) is 0 Å². The molecule has 0 N–H and O–H groups in total. The average Bonchev–Trinajstić information content (AvgIpc) is 1.90. The van der Waals surface area contributed by atoms with E-state index in [0.29, 0.717) is 5.56 Å². The second-order valence-electron chi connectivity index (χ2n) is 1.97. The van der Waals surface area contributed by atoms with Crippen molar-refractivity contribution in [3.63, 3.8) is 0 Å². The van der Waals surface area contributed by atoms with Crippen molar-refractivity contribution < 1.29 is 24.6 Å². The maximum Gasteiger partial charge on any atom is 1.00 e. The van der Waals surface area contributed by atoms with Crippen LogP contribution in [0.4, 0.5) is 0 Å². The maximum absolute atomic E-state index is 9.99. The molecule has 1 rings (SSSR count). The summed E-state index contributed by atoms with van der Waals surface area (Å²) in [5, 5.41) is 0. The van der Waals surface area contributed by atoms with Crippen LogP contribution in [0.15, 0.2) is 24.3 Å². The van der Waals surface area contributed by atoms with Gasteiger partial charge in [0.25, 0.3) is 0 Å². The Bertz CT molecular complexity index is 203. The molecule has 0 bridgehead atoms. The molecule has 1 radical (unpaired) electrons. The first kappa shape index (κ1) is 9.53. The van der Waals surface area contributed by atoms with Crippen molar-refractivity contribution >= 4 is 6.29 Å². The van der Waals surface area contributed by atoms with Gasteiger partial charge in [0.15, 0.2) is 0 Å². The first-order valence-corrected chi connectivity index (χ1v) is 2.78. The fourth-order valence-corrected chi connectivity index (χ4v) is 0.622. The summed E-state index contributed by atoms with van der Waals surface area (Å²) in [5.41, 5.74) is 1.77. The van der Waals surface area contributed by atoms with Crippen LogP contribution in [0.2, 0.25) is 0 Å². The van der Waals surface area contributed by atoms with Gasteiger partial charge < -0.3 is 4.79 Å². The topological polar surface area (TPSA) is 17.1 Å². The molecule has 0 spiro atoms. The minimum Gasteiger partial charge on any atom is -0.376 e. The molecule has 1 aromatic rings. The molecule has 0 aliphatic rings. The quantitative estimate of drug-likeness (QED) is 0.718. The Morgan fingerprint density at radius 2 is 1.70 bits per heavy atom. The van der Waals surface area contributed by atoms with Gasteiger partial charge in [0.05, 0.1) is 6.29 Å². The molecule has 10 heavy (non-hydrogen) atoms. The van der Waals surface area contributed by atoms with Gasteiger partial charge in [0.2, 0.25) is 0 Å². The van der Waals surface area contributed by atoms with Gasteiger partial charge in [-0.1, -0.05) is 5.56 Å². The molecule has 0 aliphatic carbocycles. The second kappa shape index (κ2) is 4.36. The summed E-state index contributed by atoms with van der Waals surface area (Å²) in [6, 6.07) is 7.28. The van der Waals surface area contributed by atoms with Crippen molar-refractivity contribution in [3.8, 4) is 0 Å². The van der Waals surface area contributed by atoms with E-state index in [0.717, 1.165) is 5.56 Å². The number of aryl methyl sites for hydroxylation is 1. The second-order valence-corrected chi connectivity index (χ2v) is 1.97. The van der Waals surface area contributed by atoms with Gasteiger partial charge >= 0.3 is 19.8 Å². The zero-order chi connectivity index (χ0) is 6.69. The third-order valence-corrected chi connectivity index (χ3v) is 1.17. The summed E-state index contributed by atoms with van der Waals surface area (Å²) in [7, 11) is 0. The molecule has 0 saturated heterocycles. The van der Waals surface area contributed by atoms with Crippen LogP contribution >= 0.6 is 0 Å². The van der Waals surface area contributed by atoms with E-state index < -0.39 is 0 Å². The third-order valence-electron chi connectivity index (χ3n) is 1.17. The summed E-state index contributed by atoms with van der Waals surface area (Å²) < 4.78 is 0. The molecule has 0 amide bonds. The molecule has 0 unspecified atom stereocenters. The van der Waals surface area contributed by atoms with Crippen LogP contribution in [0.5, 0.6) is 0 Å². The van der Waals surface area contributed by atoms with E-state index in [9.17, 15) is 4.79 Å². The molecule has 0 aliphatic heterocycles. The zero-order valence-corrected chi connectivity index (χ0v) is 8.11. The fourth-order valence-electron chi connectivity index (χ4n) is 0.622. The molecule has 0 saturated carbocycles. The Labute approximate surface area is 73.5 Å². The van der Waals surface area contributed by atoms with Gasteiger partial charge in [-0.05, 0) is 6.92 Å². The predicted octanol–water partition coefficient (Wildman–Crippen LogP) is 1.45. The molecular weight excluding hydrogens is 302 g/mol.